The van der Waals surface area contributed by atoms with Gasteiger partial charge in [0.1, 0.15) is 5.82 Å². The summed E-state index contributed by atoms with van der Waals surface area (Å²) in [4.78, 5) is 22.0. The molecule has 1 aromatic heterocycles. The van der Waals surface area contributed by atoms with Crippen molar-refractivity contribution in [3.63, 3.8) is 0 Å². The van der Waals surface area contributed by atoms with Crippen molar-refractivity contribution >= 4 is 27.7 Å². The van der Waals surface area contributed by atoms with Crippen molar-refractivity contribution in [2.75, 3.05) is 5.32 Å². The first-order valence-corrected chi connectivity index (χ1v) is 12.0. The lowest BCUT2D eigenvalue weighted by Gasteiger charge is -2.21. The number of carbonyl (C=O) groups excluding carboxylic acids is 1. The smallest absolute Gasteiger partial charge is 0.229 e. The highest BCUT2D eigenvalue weighted by atomic mass is 79.9. The third-order valence-corrected chi connectivity index (χ3v) is 6.56. The Labute approximate surface area is 196 Å². The summed E-state index contributed by atoms with van der Waals surface area (Å²) in [6.07, 6.45) is 10.2. The summed E-state index contributed by atoms with van der Waals surface area (Å²) in [6, 6.07) is 14.0. The van der Waals surface area contributed by atoms with Crippen molar-refractivity contribution in [3.05, 3.63) is 76.3 Å². The molecule has 0 spiro atoms. The van der Waals surface area contributed by atoms with E-state index in [4.69, 9.17) is 4.98 Å². The van der Waals surface area contributed by atoms with E-state index < -0.39 is 0 Å². The van der Waals surface area contributed by atoms with Crippen LogP contribution in [0.2, 0.25) is 0 Å². The van der Waals surface area contributed by atoms with Crippen LogP contribution in [0.1, 0.15) is 49.8 Å². The first-order valence-electron chi connectivity index (χ1n) is 11.2. The normalized spacial score (nSPS) is 14.3. The summed E-state index contributed by atoms with van der Waals surface area (Å²) in [5.41, 5.74) is 3.23. The molecule has 0 unspecified atom stereocenters. The summed E-state index contributed by atoms with van der Waals surface area (Å²) < 4.78 is 14.3. The lowest BCUT2D eigenvalue weighted by molar-refractivity contribution is -0.115. The summed E-state index contributed by atoms with van der Waals surface area (Å²) in [6.45, 7) is 0. The minimum Gasteiger partial charge on any atom is -0.309 e. The van der Waals surface area contributed by atoms with E-state index in [1.54, 1.807) is 18.3 Å². The van der Waals surface area contributed by atoms with Crippen LogP contribution in [0, 0.1) is 11.7 Å². The molecule has 1 saturated carbocycles. The van der Waals surface area contributed by atoms with Crippen LogP contribution in [0.25, 0.3) is 11.3 Å². The summed E-state index contributed by atoms with van der Waals surface area (Å²) >= 11 is 3.42. The van der Waals surface area contributed by atoms with E-state index in [0.717, 1.165) is 34.1 Å². The van der Waals surface area contributed by atoms with Gasteiger partial charge in [-0.3, -0.25) is 4.79 Å². The zero-order chi connectivity index (χ0) is 22.3. The number of carbonyl (C=O) groups is 1. The van der Waals surface area contributed by atoms with Crippen LogP contribution >= 0.6 is 15.9 Å². The highest BCUT2D eigenvalue weighted by Crippen LogP contribution is 2.29. The number of halogens is 2. The Hall–Kier alpha value is -2.60. The van der Waals surface area contributed by atoms with Crippen LogP contribution in [0.5, 0.6) is 0 Å². The predicted molar refractivity (Wildman–Crippen MR) is 129 cm³/mol. The number of rotatable bonds is 7. The number of hydrogen-bond acceptors (Lipinski definition) is 3. The number of anilines is 1. The molecular weight excluding hydrogens is 469 g/mol. The summed E-state index contributed by atoms with van der Waals surface area (Å²) in [5.74, 6) is 0.825. The molecule has 0 radical (unpaired) electrons. The Morgan fingerprint density at radius 2 is 1.75 bits per heavy atom. The Morgan fingerprint density at radius 3 is 2.47 bits per heavy atom. The monoisotopic (exact) mass is 495 g/mol. The largest absolute Gasteiger partial charge is 0.309 e. The van der Waals surface area contributed by atoms with Crippen molar-refractivity contribution in [1.82, 2.24) is 9.97 Å². The van der Waals surface area contributed by atoms with Gasteiger partial charge in [-0.25, -0.2) is 14.4 Å². The number of nitrogens with zero attached hydrogens (tertiary/aromatic N) is 2. The van der Waals surface area contributed by atoms with Crippen LogP contribution in [0.15, 0.2) is 59.2 Å². The molecule has 1 heterocycles. The van der Waals surface area contributed by atoms with Crippen molar-refractivity contribution in [2.24, 2.45) is 5.92 Å². The molecule has 0 aliphatic heterocycles. The molecule has 6 heteroatoms. The van der Waals surface area contributed by atoms with E-state index in [0.29, 0.717) is 17.4 Å². The van der Waals surface area contributed by atoms with E-state index in [-0.39, 0.29) is 18.1 Å². The van der Waals surface area contributed by atoms with E-state index >= 15 is 0 Å². The number of aryl methyl sites for hydroxylation is 1. The maximum atomic E-state index is 13.3. The highest BCUT2D eigenvalue weighted by molar-refractivity contribution is 9.10. The average molecular weight is 496 g/mol. The first kappa shape index (κ1) is 22.6. The fourth-order valence-electron chi connectivity index (χ4n) is 4.25. The van der Waals surface area contributed by atoms with Crippen molar-refractivity contribution in [2.45, 2.75) is 51.4 Å². The second-order valence-electron chi connectivity index (χ2n) is 8.45. The van der Waals surface area contributed by atoms with Gasteiger partial charge in [-0.1, -0.05) is 60.2 Å². The van der Waals surface area contributed by atoms with Crippen molar-refractivity contribution in [3.8, 4) is 11.3 Å². The summed E-state index contributed by atoms with van der Waals surface area (Å²) in [7, 11) is 0. The van der Waals surface area contributed by atoms with Gasteiger partial charge in [-0.15, -0.1) is 0 Å². The van der Waals surface area contributed by atoms with Gasteiger partial charge in [-0.2, -0.15) is 0 Å². The first-order chi connectivity index (χ1) is 15.6. The number of aromatic nitrogens is 2. The SMILES string of the molecule is O=C(Cc1ccc(Br)cc1)Nc1ncc(-c2ccc(F)cc2)nc1CCC1CCCCC1. The molecule has 1 aliphatic carbocycles. The molecule has 0 atom stereocenters. The Bertz CT molecular complexity index is 1050. The topological polar surface area (TPSA) is 54.9 Å². The molecule has 4 nitrogen and oxygen atoms in total. The molecule has 0 bridgehead atoms. The van der Waals surface area contributed by atoms with Crippen molar-refractivity contribution in [1.29, 1.82) is 0 Å². The highest BCUT2D eigenvalue weighted by Gasteiger charge is 2.17. The molecule has 4 rings (SSSR count). The molecule has 1 aliphatic rings. The Kier molecular flexibility index (Phi) is 7.63. The van der Waals surface area contributed by atoms with E-state index in [2.05, 4.69) is 26.2 Å². The minimum absolute atomic E-state index is 0.116. The summed E-state index contributed by atoms with van der Waals surface area (Å²) in [5, 5.41) is 2.96. The fraction of sp³-hybridized carbons (Fsp3) is 0.346. The number of hydrogen-bond donors (Lipinski definition) is 1. The molecule has 32 heavy (non-hydrogen) atoms. The number of benzene rings is 2. The quantitative estimate of drug-likeness (QED) is 0.394. The maximum absolute atomic E-state index is 13.3. The van der Waals surface area contributed by atoms with Gasteiger partial charge in [0.2, 0.25) is 5.91 Å². The third kappa shape index (κ3) is 6.22. The van der Waals surface area contributed by atoms with E-state index in [1.165, 1.54) is 44.2 Å². The maximum Gasteiger partial charge on any atom is 0.229 e. The average Bonchev–Trinajstić information content (AvgIpc) is 2.81. The number of amides is 1. The van der Waals surface area contributed by atoms with Gasteiger partial charge < -0.3 is 5.32 Å². The standard InChI is InChI=1S/C26H27BrFN3O/c27-21-11-6-19(7-12-21)16-25(32)31-26-23(15-8-18-4-2-1-3-5-18)30-24(17-29-26)20-9-13-22(28)14-10-20/h6-7,9-14,17-18H,1-5,8,15-16H2,(H,29,31,32). The molecule has 3 aromatic rings. The fourth-order valence-corrected chi connectivity index (χ4v) is 4.51. The van der Waals surface area contributed by atoms with Gasteiger partial charge in [0, 0.05) is 10.0 Å². The van der Waals surface area contributed by atoms with E-state index in [1.807, 2.05) is 24.3 Å². The molecule has 1 fully saturated rings. The van der Waals surface area contributed by atoms with Crippen LogP contribution in [0.3, 0.4) is 0 Å². The Morgan fingerprint density at radius 1 is 1.03 bits per heavy atom. The number of nitrogens with one attached hydrogen (secondary N) is 1. The van der Waals surface area contributed by atoms with Gasteiger partial charge in [-0.05, 0) is 60.7 Å². The van der Waals surface area contributed by atoms with Gasteiger partial charge in [0.15, 0.2) is 5.82 Å². The van der Waals surface area contributed by atoms with Crippen molar-refractivity contribution < 1.29 is 9.18 Å². The van der Waals surface area contributed by atoms with Crippen LogP contribution in [-0.4, -0.2) is 15.9 Å². The van der Waals surface area contributed by atoms with Gasteiger partial charge in [0.25, 0.3) is 0 Å². The van der Waals surface area contributed by atoms with Crippen LogP contribution < -0.4 is 5.32 Å². The zero-order valence-electron chi connectivity index (χ0n) is 18.0. The molecule has 1 N–H and O–H groups in total. The molecule has 1 amide bonds. The lowest BCUT2D eigenvalue weighted by Crippen LogP contribution is -2.18. The second-order valence-corrected chi connectivity index (χ2v) is 9.37. The molecule has 166 valence electrons. The predicted octanol–water partition coefficient (Wildman–Crippen LogP) is 6.74. The van der Waals surface area contributed by atoms with Crippen LogP contribution in [-0.2, 0) is 17.6 Å². The second kappa shape index (κ2) is 10.8. The third-order valence-electron chi connectivity index (χ3n) is 6.03. The van der Waals surface area contributed by atoms with Gasteiger partial charge in [0.05, 0.1) is 24.0 Å². The van der Waals surface area contributed by atoms with E-state index in [9.17, 15) is 9.18 Å². The zero-order valence-corrected chi connectivity index (χ0v) is 19.6. The Balaban J connectivity index is 1.52. The van der Waals surface area contributed by atoms with Crippen LogP contribution in [0.4, 0.5) is 10.2 Å². The molecular formula is C26H27BrFN3O. The minimum atomic E-state index is -0.281. The van der Waals surface area contributed by atoms with Gasteiger partial charge >= 0.3 is 0 Å². The molecule has 2 aromatic carbocycles. The molecule has 0 saturated heterocycles. The lowest BCUT2D eigenvalue weighted by atomic mass is 9.86.